The van der Waals surface area contributed by atoms with Crippen LogP contribution in [0.1, 0.15) is 19.3 Å². The van der Waals surface area contributed by atoms with Gasteiger partial charge in [0, 0.05) is 69.6 Å². The van der Waals surface area contributed by atoms with Crippen molar-refractivity contribution >= 4 is 45.6 Å². The summed E-state index contributed by atoms with van der Waals surface area (Å²) in [5.41, 5.74) is 1.77. The van der Waals surface area contributed by atoms with Gasteiger partial charge in [0.05, 0.1) is 28.9 Å². The average molecular weight is 569 g/mol. The normalized spacial score (nSPS) is 16.8. The molecule has 212 valence electrons. The number of piperazine rings is 1. The molecule has 1 amide bonds. The molecule has 0 unspecified atom stereocenters. The highest BCUT2D eigenvalue weighted by molar-refractivity contribution is 6.31. The molecule has 3 aromatic rings. The van der Waals surface area contributed by atoms with Crippen molar-refractivity contribution in [3.63, 3.8) is 0 Å². The van der Waals surface area contributed by atoms with Crippen LogP contribution in [0.5, 0.6) is 5.75 Å². The molecule has 1 saturated heterocycles. The number of fused-ring (bicyclic) bond motifs is 1. The van der Waals surface area contributed by atoms with E-state index in [0.717, 1.165) is 58.6 Å². The molecule has 5 rings (SSSR count). The van der Waals surface area contributed by atoms with Crippen molar-refractivity contribution in [1.82, 2.24) is 19.8 Å². The zero-order valence-electron chi connectivity index (χ0n) is 22.5. The minimum atomic E-state index is -0.500. The van der Waals surface area contributed by atoms with Gasteiger partial charge in [-0.3, -0.25) is 14.6 Å². The Morgan fingerprint density at radius 1 is 1.15 bits per heavy atom. The van der Waals surface area contributed by atoms with Crippen LogP contribution < -0.4 is 15.4 Å². The number of hydrogen-bond acceptors (Lipinski definition) is 8. The Labute approximate surface area is 238 Å². The lowest BCUT2D eigenvalue weighted by atomic mass is 9.96. The summed E-state index contributed by atoms with van der Waals surface area (Å²) >= 11 is 5.96. The van der Waals surface area contributed by atoms with Gasteiger partial charge in [-0.1, -0.05) is 17.7 Å². The number of carbonyl (C=O) groups is 1. The molecule has 0 bridgehead atoms. The maximum absolute atomic E-state index is 13.6. The van der Waals surface area contributed by atoms with Crippen molar-refractivity contribution in [2.45, 2.75) is 25.4 Å². The summed E-state index contributed by atoms with van der Waals surface area (Å²) in [6.45, 7) is 6.28. The third kappa shape index (κ3) is 7.25. The second-order valence-electron chi connectivity index (χ2n) is 10.0. The summed E-state index contributed by atoms with van der Waals surface area (Å²) in [4.78, 5) is 26.4. The molecular weight excluding hydrogens is 535 g/mol. The predicted molar refractivity (Wildman–Crippen MR) is 155 cm³/mol. The Kier molecular flexibility index (Phi) is 9.43. The van der Waals surface area contributed by atoms with Gasteiger partial charge >= 0.3 is 0 Å². The predicted octanol–water partition coefficient (Wildman–Crippen LogP) is 4.86. The number of anilines is 3. The van der Waals surface area contributed by atoms with E-state index in [1.54, 1.807) is 19.3 Å². The molecular formula is C29H34ClFN6O3. The van der Waals surface area contributed by atoms with Gasteiger partial charge in [-0.15, -0.1) is 0 Å². The van der Waals surface area contributed by atoms with Gasteiger partial charge in [0.1, 0.15) is 23.7 Å². The molecule has 9 nitrogen and oxygen atoms in total. The van der Waals surface area contributed by atoms with Crippen molar-refractivity contribution in [2.24, 2.45) is 0 Å². The quantitative estimate of drug-likeness (QED) is 0.317. The fraction of sp³-hybridized carbons (Fsp3) is 0.414. The zero-order valence-corrected chi connectivity index (χ0v) is 23.3. The molecule has 0 spiro atoms. The first kappa shape index (κ1) is 28.2. The standard InChI is InChI=1S/C29H34ClFN6O3/c1-39-15-14-37-12-10-36(11-13-37)9-3-6-28(38)35-26-17-22-25(18-27(26)40-21-4-2-5-21)32-19-33-29(22)34-20-7-8-24(31)23(30)16-20/h3,6-8,16-19,21H,2,4-5,9-15H2,1H3,(H,35,38)(H,32,33,34). The summed E-state index contributed by atoms with van der Waals surface area (Å²) in [6.07, 6.45) is 8.10. The van der Waals surface area contributed by atoms with E-state index in [4.69, 9.17) is 21.1 Å². The minimum absolute atomic E-state index is 0.00672. The van der Waals surface area contributed by atoms with Gasteiger partial charge in [0.25, 0.3) is 0 Å². The zero-order chi connectivity index (χ0) is 27.9. The number of aromatic nitrogens is 2. The van der Waals surface area contributed by atoms with Crippen LogP contribution >= 0.6 is 11.6 Å². The van der Waals surface area contributed by atoms with Crippen molar-refractivity contribution in [2.75, 3.05) is 63.6 Å². The molecule has 2 heterocycles. The SMILES string of the molecule is COCCN1CCN(CC=CC(=O)Nc2cc3c(Nc4ccc(F)c(Cl)c4)ncnc3cc2OC2CCC2)CC1. The van der Waals surface area contributed by atoms with Crippen molar-refractivity contribution in [3.05, 3.63) is 59.7 Å². The van der Waals surface area contributed by atoms with Crippen LogP contribution in [0.3, 0.4) is 0 Å². The summed E-state index contributed by atoms with van der Waals surface area (Å²) < 4.78 is 25.0. The topological polar surface area (TPSA) is 91.9 Å². The highest BCUT2D eigenvalue weighted by atomic mass is 35.5. The number of rotatable bonds is 11. The molecule has 2 fully saturated rings. The maximum atomic E-state index is 13.6. The van der Waals surface area contributed by atoms with Crippen molar-refractivity contribution in [1.29, 1.82) is 0 Å². The average Bonchev–Trinajstić information content (AvgIpc) is 2.93. The van der Waals surface area contributed by atoms with Crippen molar-refractivity contribution in [3.8, 4) is 5.75 Å². The van der Waals surface area contributed by atoms with Gasteiger partial charge < -0.3 is 20.1 Å². The van der Waals surface area contributed by atoms with Crippen LogP contribution in [0.25, 0.3) is 10.9 Å². The molecule has 2 N–H and O–H groups in total. The lowest BCUT2D eigenvalue weighted by molar-refractivity contribution is -0.111. The number of nitrogens with one attached hydrogen (secondary N) is 2. The molecule has 1 aromatic heterocycles. The molecule has 0 radical (unpaired) electrons. The fourth-order valence-electron chi connectivity index (χ4n) is 4.66. The number of methoxy groups -OCH3 is 1. The Hall–Kier alpha value is -3.31. The third-order valence-corrected chi connectivity index (χ3v) is 7.52. The van der Waals surface area contributed by atoms with E-state index >= 15 is 0 Å². The number of halogens is 2. The molecule has 2 aromatic carbocycles. The van der Waals surface area contributed by atoms with Crippen molar-refractivity contribution < 1.29 is 18.7 Å². The van der Waals surface area contributed by atoms with Crippen LogP contribution in [0.2, 0.25) is 5.02 Å². The molecule has 1 aliphatic carbocycles. The highest BCUT2D eigenvalue weighted by Crippen LogP contribution is 2.36. The number of nitrogens with zero attached hydrogens (tertiary/aromatic N) is 4. The van der Waals surface area contributed by atoms with Gasteiger partial charge in [-0.2, -0.15) is 0 Å². The second-order valence-corrected chi connectivity index (χ2v) is 10.4. The van der Waals surface area contributed by atoms with E-state index in [-0.39, 0.29) is 17.0 Å². The smallest absolute Gasteiger partial charge is 0.248 e. The molecule has 40 heavy (non-hydrogen) atoms. The number of amides is 1. The summed E-state index contributed by atoms with van der Waals surface area (Å²) in [7, 11) is 1.72. The Morgan fingerprint density at radius 2 is 1.95 bits per heavy atom. The fourth-order valence-corrected chi connectivity index (χ4v) is 4.84. The van der Waals surface area contributed by atoms with E-state index < -0.39 is 5.82 Å². The van der Waals surface area contributed by atoms with Crippen LogP contribution in [-0.2, 0) is 9.53 Å². The van der Waals surface area contributed by atoms with E-state index in [1.807, 2.05) is 18.2 Å². The third-order valence-electron chi connectivity index (χ3n) is 7.23. The lowest BCUT2D eigenvalue weighted by Gasteiger charge is -2.33. The molecule has 2 aliphatic rings. The van der Waals surface area contributed by atoms with Crippen LogP contribution in [-0.4, -0.2) is 84.8 Å². The monoisotopic (exact) mass is 568 g/mol. The number of hydrogen-bond donors (Lipinski definition) is 2. The molecule has 1 saturated carbocycles. The molecule has 1 aliphatic heterocycles. The van der Waals surface area contributed by atoms with Gasteiger partial charge in [-0.25, -0.2) is 14.4 Å². The Morgan fingerprint density at radius 3 is 2.67 bits per heavy atom. The van der Waals surface area contributed by atoms with E-state index in [0.29, 0.717) is 40.4 Å². The van der Waals surface area contributed by atoms with Gasteiger partial charge in [0.15, 0.2) is 0 Å². The second kappa shape index (κ2) is 13.4. The highest BCUT2D eigenvalue weighted by Gasteiger charge is 2.22. The van der Waals surface area contributed by atoms with Gasteiger partial charge in [-0.05, 0) is 43.5 Å². The summed E-state index contributed by atoms with van der Waals surface area (Å²) in [6, 6.07) is 7.99. The van der Waals surface area contributed by atoms with Gasteiger partial charge in [0.2, 0.25) is 5.91 Å². The van der Waals surface area contributed by atoms with E-state index in [1.165, 1.54) is 18.5 Å². The number of ether oxygens (including phenoxy) is 2. The first-order valence-electron chi connectivity index (χ1n) is 13.6. The first-order chi connectivity index (χ1) is 19.5. The molecule has 0 atom stereocenters. The Balaban J connectivity index is 1.29. The van der Waals surface area contributed by atoms with Crippen LogP contribution in [0.4, 0.5) is 21.6 Å². The summed E-state index contributed by atoms with van der Waals surface area (Å²) in [5, 5.41) is 6.85. The summed E-state index contributed by atoms with van der Waals surface area (Å²) in [5.74, 6) is 0.326. The first-order valence-corrected chi connectivity index (χ1v) is 13.9. The van der Waals surface area contributed by atoms with Crippen LogP contribution in [0, 0.1) is 5.82 Å². The maximum Gasteiger partial charge on any atom is 0.248 e. The number of carbonyl (C=O) groups excluding carboxylic acids is 1. The largest absolute Gasteiger partial charge is 0.488 e. The number of benzene rings is 2. The van der Waals surface area contributed by atoms with E-state index in [2.05, 4.69) is 30.4 Å². The lowest BCUT2D eigenvalue weighted by Crippen LogP contribution is -2.47. The van der Waals surface area contributed by atoms with Crippen LogP contribution in [0.15, 0.2) is 48.8 Å². The van der Waals surface area contributed by atoms with E-state index in [9.17, 15) is 9.18 Å². The Bertz CT molecular complexity index is 1360. The molecule has 11 heteroatoms. The minimum Gasteiger partial charge on any atom is -0.488 e.